The SMILES string of the molecule is COc1cc2nc(N3CCN(C)CC3)cc(Cl)c2cc1OC. The molecule has 0 atom stereocenters. The standard InChI is InChI=1S/C16H20ClN3O2/c1-19-4-6-20(7-5-19)16-9-12(17)11-8-14(21-2)15(22-3)10-13(11)18-16/h8-10H,4-7H2,1-3H3. The first-order valence-electron chi connectivity index (χ1n) is 7.28. The molecule has 0 saturated carbocycles. The van der Waals surface area contributed by atoms with Crippen molar-refractivity contribution in [3.05, 3.63) is 23.2 Å². The second-order valence-electron chi connectivity index (χ2n) is 5.48. The number of methoxy groups -OCH3 is 2. The molecule has 1 aliphatic heterocycles. The summed E-state index contributed by atoms with van der Waals surface area (Å²) in [5, 5.41) is 1.55. The van der Waals surface area contributed by atoms with E-state index in [9.17, 15) is 0 Å². The van der Waals surface area contributed by atoms with Gasteiger partial charge in [-0.15, -0.1) is 0 Å². The Morgan fingerprint density at radius 1 is 1.00 bits per heavy atom. The van der Waals surface area contributed by atoms with Crippen LogP contribution in [0.3, 0.4) is 0 Å². The summed E-state index contributed by atoms with van der Waals surface area (Å²) in [7, 11) is 5.37. The third-order valence-electron chi connectivity index (χ3n) is 4.08. The van der Waals surface area contributed by atoms with Crippen molar-refractivity contribution in [1.29, 1.82) is 0 Å². The van der Waals surface area contributed by atoms with Crippen LogP contribution in [0.25, 0.3) is 10.9 Å². The number of fused-ring (bicyclic) bond motifs is 1. The van der Waals surface area contributed by atoms with Gasteiger partial charge in [-0.1, -0.05) is 11.6 Å². The van der Waals surface area contributed by atoms with Crippen molar-refractivity contribution in [2.45, 2.75) is 0 Å². The van der Waals surface area contributed by atoms with Gasteiger partial charge in [-0.25, -0.2) is 4.98 Å². The molecular weight excluding hydrogens is 302 g/mol. The Hall–Kier alpha value is -1.72. The highest BCUT2D eigenvalue weighted by molar-refractivity contribution is 6.35. The average Bonchev–Trinajstić information content (AvgIpc) is 2.54. The van der Waals surface area contributed by atoms with Crippen molar-refractivity contribution in [2.24, 2.45) is 0 Å². The Balaban J connectivity index is 2.03. The fourth-order valence-corrected chi connectivity index (χ4v) is 2.95. The largest absolute Gasteiger partial charge is 0.493 e. The Kier molecular flexibility index (Phi) is 4.27. The highest BCUT2D eigenvalue weighted by Gasteiger charge is 2.18. The molecule has 1 saturated heterocycles. The number of ether oxygens (including phenoxy) is 2. The zero-order chi connectivity index (χ0) is 15.7. The summed E-state index contributed by atoms with van der Waals surface area (Å²) in [6.07, 6.45) is 0. The molecule has 6 heteroatoms. The first-order chi connectivity index (χ1) is 10.6. The number of hydrogen-bond acceptors (Lipinski definition) is 5. The van der Waals surface area contributed by atoms with E-state index in [0.29, 0.717) is 16.5 Å². The quantitative estimate of drug-likeness (QED) is 0.869. The van der Waals surface area contributed by atoms with E-state index in [-0.39, 0.29) is 0 Å². The van der Waals surface area contributed by atoms with E-state index in [1.165, 1.54) is 0 Å². The molecule has 0 radical (unpaired) electrons. The number of benzene rings is 1. The van der Waals surface area contributed by atoms with Crippen LogP contribution in [-0.4, -0.2) is 57.3 Å². The monoisotopic (exact) mass is 321 g/mol. The van der Waals surface area contributed by atoms with E-state index in [1.54, 1.807) is 14.2 Å². The minimum absolute atomic E-state index is 0.658. The Morgan fingerprint density at radius 3 is 2.27 bits per heavy atom. The Morgan fingerprint density at radius 2 is 1.64 bits per heavy atom. The number of hydrogen-bond donors (Lipinski definition) is 0. The predicted molar refractivity (Wildman–Crippen MR) is 89.6 cm³/mol. The van der Waals surface area contributed by atoms with Crippen molar-refractivity contribution >= 4 is 28.3 Å². The molecule has 1 aliphatic rings. The molecule has 118 valence electrons. The Labute approximate surface area is 135 Å². The molecule has 3 rings (SSSR count). The van der Waals surface area contributed by atoms with Gasteiger partial charge in [0, 0.05) is 37.6 Å². The van der Waals surface area contributed by atoms with Gasteiger partial charge in [-0.2, -0.15) is 0 Å². The summed E-state index contributed by atoms with van der Waals surface area (Å²) < 4.78 is 10.7. The van der Waals surface area contributed by atoms with E-state index in [2.05, 4.69) is 16.8 Å². The lowest BCUT2D eigenvalue weighted by atomic mass is 10.2. The number of anilines is 1. The van der Waals surface area contributed by atoms with Gasteiger partial charge in [-0.3, -0.25) is 0 Å². The smallest absolute Gasteiger partial charge is 0.162 e. The van der Waals surface area contributed by atoms with Crippen LogP contribution >= 0.6 is 11.6 Å². The highest BCUT2D eigenvalue weighted by atomic mass is 35.5. The molecule has 0 spiro atoms. The van der Waals surface area contributed by atoms with E-state index < -0.39 is 0 Å². The first kappa shape index (κ1) is 15.2. The number of rotatable bonds is 3. The number of aromatic nitrogens is 1. The van der Waals surface area contributed by atoms with E-state index in [1.807, 2.05) is 18.2 Å². The maximum atomic E-state index is 6.46. The lowest BCUT2D eigenvalue weighted by molar-refractivity contribution is 0.312. The van der Waals surface area contributed by atoms with Crippen molar-refractivity contribution in [3.63, 3.8) is 0 Å². The number of nitrogens with zero attached hydrogens (tertiary/aromatic N) is 3. The molecule has 5 nitrogen and oxygen atoms in total. The minimum Gasteiger partial charge on any atom is -0.493 e. The van der Waals surface area contributed by atoms with Gasteiger partial charge in [0.25, 0.3) is 0 Å². The molecule has 22 heavy (non-hydrogen) atoms. The number of likely N-dealkylation sites (N-methyl/N-ethyl adjacent to an activating group) is 1. The lowest BCUT2D eigenvalue weighted by Gasteiger charge is -2.33. The second-order valence-corrected chi connectivity index (χ2v) is 5.88. The molecule has 2 heterocycles. The van der Waals surface area contributed by atoms with Crippen LogP contribution in [0.15, 0.2) is 18.2 Å². The fourth-order valence-electron chi connectivity index (χ4n) is 2.70. The van der Waals surface area contributed by atoms with Crippen LogP contribution in [0, 0.1) is 0 Å². The zero-order valence-corrected chi connectivity index (χ0v) is 13.9. The summed E-state index contributed by atoms with van der Waals surface area (Å²) in [5.74, 6) is 2.23. The topological polar surface area (TPSA) is 37.8 Å². The van der Waals surface area contributed by atoms with Crippen molar-refractivity contribution in [3.8, 4) is 11.5 Å². The van der Waals surface area contributed by atoms with E-state index in [4.69, 9.17) is 26.1 Å². The highest BCUT2D eigenvalue weighted by Crippen LogP contribution is 2.36. The molecule has 0 amide bonds. The van der Waals surface area contributed by atoms with Crippen molar-refractivity contribution < 1.29 is 9.47 Å². The molecule has 2 aromatic rings. The van der Waals surface area contributed by atoms with Gasteiger partial charge in [-0.05, 0) is 19.2 Å². The second kappa shape index (κ2) is 6.18. The molecule has 0 N–H and O–H groups in total. The van der Waals surface area contributed by atoms with Gasteiger partial charge >= 0.3 is 0 Å². The van der Waals surface area contributed by atoms with Gasteiger partial charge in [0.15, 0.2) is 11.5 Å². The summed E-state index contributed by atoms with van der Waals surface area (Å²) >= 11 is 6.46. The number of piperazine rings is 1. The molecule has 1 fully saturated rings. The Bertz CT molecular complexity index is 685. The number of pyridine rings is 1. The van der Waals surface area contributed by atoms with Gasteiger partial charge in [0.05, 0.1) is 24.8 Å². The third kappa shape index (κ3) is 2.78. The zero-order valence-electron chi connectivity index (χ0n) is 13.1. The van der Waals surface area contributed by atoms with Crippen LogP contribution in [-0.2, 0) is 0 Å². The molecule has 0 aliphatic carbocycles. The molecule has 0 bridgehead atoms. The summed E-state index contributed by atoms with van der Waals surface area (Å²) in [6, 6.07) is 5.68. The maximum Gasteiger partial charge on any atom is 0.162 e. The molecular formula is C16H20ClN3O2. The van der Waals surface area contributed by atoms with Crippen LogP contribution < -0.4 is 14.4 Å². The van der Waals surface area contributed by atoms with Crippen LogP contribution in [0.1, 0.15) is 0 Å². The van der Waals surface area contributed by atoms with Crippen LogP contribution in [0.5, 0.6) is 11.5 Å². The first-order valence-corrected chi connectivity index (χ1v) is 7.66. The van der Waals surface area contributed by atoms with Crippen LogP contribution in [0.2, 0.25) is 5.02 Å². The summed E-state index contributed by atoms with van der Waals surface area (Å²) in [5.41, 5.74) is 0.819. The summed E-state index contributed by atoms with van der Waals surface area (Å²) in [6.45, 7) is 3.98. The van der Waals surface area contributed by atoms with Gasteiger partial charge in [0.1, 0.15) is 5.82 Å². The van der Waals surface area contributed by atoms with Gasteiger partial charge in [0.2, 0.25) is 0 Å². The van der Waals surface area contributed by atoms with E-state index >= 15 is 0 Å². The van der Waals surface area contributed by atoms with E-state index in [0.717, 1.165) is 42.9 Å². The molecule has 0 unspecified atom stereocenters. The van der Waals surface area contributed by atoms with Crippen molar-refractivity contribution in [2.75, 3.05) is 52.3 Å². The lowest BCUT2D eigenvalue weighted by Crippen LogP contribution is -2.44. The minimum atomic E-state index is 0.658. The van der Waals surface area contributed by atoms with Crippen LogP contribution in [0.4, 0.5) is 5.82 Å². The maximum absolute atomic E-state index is 6.46. The fraction of sp³-hybridized carbons (Fsp3) is 0.438. The average molecular weight is 322 g/mol. The molecule has 1 aromatic heterocycles. The normalized spacial score (nSPS) is 16.1. The van der Waals surface area contributed by atoms with Crippen molar-refractivity contribution in [1.82, 2.24) is 9.88 Å². The third-order valence-corrected chi connectivity index (χ3v) is 4.39. The number of halogens is 1. The summed E-state index contributed by atoms with van der Waals surface area (Å²) in [4.78, 5) is 9.33. The molecule has 1 aromatic carbocycles. The van der Waals surface area contributed by atoms with Gasteiger partial charge < -0.3 is 19.3 Å². The predicted octanol–water partition coefficient (Wildman–Crippen LogP) is 2.66.